The van der Waals surface area contributed by atoms with Gasteiger partial charge in [-0.05, 0) is 61.7 Å². The van der Waals surface area contributed by atoms with Gasteiger partial charge in [-0.25, -0.2) is 0 Å². The van der Waals surface area contributed by atoms with Gasteiger partial charge in [0.15, 0.2) is 0 Å². The van der Waals surface area contributed by atoms with Crippen molar-refractivity contribution in [1.82, 2.24) is 10.3 Å². The number of hydrogen-bond donors (Lipinski definition) is 6. The van der Waals surface area contributed by atoms with E-state index in [2.05, 4.69) is 16.4 Å². The summed E-state index contributed by atoms with van der Waals surface area (Å²) in [6, 6.07) is 18.5. The molecule has 0 saturated carbocycles. The lowest BCUT2D eigenvalue weighted by atomic mass is 9.96. The zero-order valence-corrected chi connectivity index (χ0v) is 30.5. The number of ether oxygens (including phenoxy) is 3. The van der Waals surface area contributed by atoms with E-state index in [1.54, 1.807) is 24.4 Å². The highest BCUT2D eigenvalue weighted by atomic mass is 35.5. The Hall–Kier alpha value is -4.45. The summed E-state index contributed by atoms with van der Waals surface area (Å²) in [5, 5.41) is 47.6. The predicted octanol–water partition coefficient (Wildman–Crippen LogP) is 5.26. The molecule has 0 fully saturated rings. The van der Waals surface area contributed by atoms with Crippen LogP contribution in [0, 0.1) is 24.2 Å². The molecule has 3 aromatic carbocycles. The zero-order chi connectivity index (χ0) is 38.0. The molecule has 1 unspecified atom stereocenters. The molecule has 0 aliphatic heterocycles. The van der Waals surface area contributed by atoms with Gasteiger partial charge in [-0.2, -0.15) is 5.26 Å². The maximum atomic E-state index is 9.77. The lowest BCUT2D eigenvalue weighted by Gasteiger charge is -2.17. The van der Waals surface area contributed by atoms with Crippen LogP contribution >= 0.6 is 23.2 Å². The Morgan fingerprint density at radius 2 is 1.63 bits per heavy atom. The van der Waals surface area contributed by atoms with Crippen LogP contribution in [0.3, 0.4) is 0 Å². The quantitative estimate of drug-likeness (QED) is 0.0721. The summed E-state index contributed by atoms with van der Waals surface area (Å²) >= 11 is 13.4. The number of nitrogens with zero attached hydrogens (tertiary/aromatic N) is 2. The first kappa shape index (κ1) is 42.0. The number of benzene rings is 3. The van der Waals surface area contributed by atoms with Crippen molar-refractivity contribution in [3.8, 4) is 34.4 Å². The van der Waals surface area contributed by atoms with Crippen LogP contribution in [0.2, 0.25) is 10.0 Å². The minimum absolute atomic E-state index is 0.129. The number of nitrogens with two attached hydrogens (primary N) is 1. The average Bonchev–Trinajstić information content (AvgIpc) is 3.16. The van der Waals surface area contributed by atoms with Crippen molar-refractivity contribution in [2.45, 2.75) is 46.1 Å². The highest BCUT2D eigenvalue weighted by Gasteiger charge is 2.16. The van der Waals surface area contributed by atoms with E-state index >= 15 is 0 Å². The van der Waals surface area contributed by atoms with Crippen molar-refractivity contribution < 1.29 is 39.4 Å². The third kappa shape index (κ3) is 12.4. The Balaban J connectivity index is 0.000000944. The topological polar surface area (TPSA) is 200 Å². The van der Waals surface area contributed by atoms with Crippen molar-refractivity contribution in [3.63, 3.8) is 0 Å². The number of rotatable bonds is 18. The number of nitrogens with one attached hydrogen (secondary N) is 1. The molecule has 0 aliphatic rings. The van der Waals surface area contributed by atoms with E-state index in [1.807, 2.05) is 43.3 Å². The van der Waals surface area contributed by atoms with Crippen molar-refractivity contribution in [2.24, 2.45) is 11.7 Å². The number of halogens is 2. The Labute approximate surface area is 313 Å². The summed E-state index contributed by atoms with van der Waals surface area (Å²) in [5.74, 6) is -0.0245. The number of hydrogen-bond acceptors (Lipinski definition) is 11. The van der Waals surface area contributed by atoms with Crippen LogP contribution in [0.25, 0.3) is 11.1 Å². The SMILES string of the molecule is CC(CO)C(=O)O.Cc1c(COc2cc(OCc3cncc(C#N)c3)c(CN)cc2Cl)cccc1-c1cccc(OCCCNC(CO)CO)c1Cl. The monoisotopic (exact) mass is 754 g/mol. The van der Waals surface area contributed by atoms with Gasteiger partial charge in [0.2, 0.25) is 0 Å². The Kier molecular flexibility index (Phi) is 17.6. The van der Waals surface area contributed by atoms with Crippen molar-refractivity contribution in [2.75, 3.05) is 33.0 Å². The summed E-state index contributed by atoms with van der Waals surface area (Å²) < 4.78 is 18.2. The van der Waals surface area contributed by atoms with Gasteiger partial charge in [0.05, 0.1) is 54.0 Å². The molecule has 0 aliphatic carbocycles. The van der Waals surface area contributed by atoms with E-state index < -0.39 is 11.9 Å². The maximum absolute atomic E-state index is 9.77. The second-order valence-corrected chi connectivity index (χ2v) is 12.5. The predicted molar refractivity (Wildman–Crippen MR) is 199 cm³/mol. The number of aliphatic hydroxyl groups excluding tert-OH is 3. The third-order valence-corrected chi connectivity index (χ3v) is 8.57. The summed E-state index contributed by atoms with van der Waals surface area (Å²) in [7, 11) is 0. The first-order chi connectivity index (χ1) is 25.1. The molecule has 0 saturated heterocycles. The minimum Gasteiger partial charge on any atom is -0.492 e. The number of aliphatic carboxylic acids is 1. The fraction of sp³-hybridized carbons (Fsp3) is 0.342. The summed E-state index contributed by atoms with van der Waals surface area (Å²) in [6.45, 7) is 4.60. The molecule has 1 aromatic heterocycles. The number of pyridine rings is 1. The average molecular weight is 756 g/mol. The molecule has 1 atom stereocenters. The normalized spacial score (nSPS) is 11.3. The van der Waals surface area contributed by atoms with E-state index in [4.69, 9.17) is 58.6 Å². The van der Waals surface area contributed by atoms with Gasteiger partial charge in [0.25, 0.3) is 0 Å². The zero-order valence-electron chi connectivity index (χ0n) is 29.0. The van der Waals surface area contributed by atoms with Crippen LogP contribution in [-0.4, -0.2) is 70.4 Å². The molecule has 12 nitrogen and oxygen atoms in total. The van der Waals surface area contributed by atoms with Gasteiger partial charge in [0, 0.05) is 41.7 Å². The Morgan fingerprint density at radius 1 is 0.923 bits per heavy atom. The molecule has 14 heteroatoms. The van der Waals surface area contributed by atoms with Crippen LogP contribution in [0.15, 0.2) is 67.0 Å². The number of carboxylic acids is 1. The van der Waals surface area contributed by atoms with Crippen LogP contribution in [0.4, 0.5) is 0 Å². The van der Waals surface area contributed by atoms with Crippen molar-refractivity contribution in [3.05, 3.63) is 105 Å². The summed E-state index contributed by atoms with van der Waals surface area (Å²) in [6.07, 6.45) is 3.82. The van der Waals surface area contributed by atoms with Crippen LogP contribution < -0.4 is 25.3 Å². The smallest absolute Gasteiger partial charge is 0.308 e. The molecule has 52 heavy (non-hydrogen) atoms. The number of carbonyl (C=O) groups is 1. The van der Waals surface area contributed by atoms with E-state index in [0.29, 0.717) is 52.4 Å². The second kappa shape index (κ2) is 21.8. The molecule has 0 radical (unpaired) electrons. The lowest BCUT2D eigenvalue weighted by Crippen LogP contribution is -2.36. The fourth-order valence-corrected chi connectivity index (χ4v) is 5.24. The maximum Gasteiger partial charge on any atom is 0.308 e. The minimum atomic E-state index is -0.956. The van der Waals surface area contributed by atoms with Gasteiger partial charge >= 0.3 is 5.97 Å². The number of aliphatic hydroxyl groups is 3. The molecule has 4 aromatic rings. The van der Waals surface area contributed by atoms with Crippen molar-refractivity contribution in [1.29, 1.82) is 5.26 Å². The molecule has 4 rings (SSSR count). The summed E-state index contributed by atoms with van der Waals surface area (Å²) in [4.78, 5) is 13.8. The van der Waals surface area contributed by atoms with Crippen LogP contribution in [-0.2, 0) is 24.6 Å². The van der Waals surface area contributed by atoms with E-state index in [0.717, 1.165) is 33.4 Å². The largest absolute Gasteiger partial charge is 0.492 e. The lowest BCUT2D eigenvalue weighted by molar-refractivity contribution is -0.142. The van der Waals surface area contributed by atoms with Crippen LogP contribution in [0.1, 0.15) is 41.2 Å². The van der Waals surface area contributed by atoms with Gasteiger partial charge in [0.1, 0.15) is 36.5 Å². The highest BCUT2D eigenvalue weighted by Crippen LogP contribution is 2.38. The molecule has 0 amide bonds. The van der Waals surface area contributed by atoms with E-state index in [1.165, 1.54) is 13.1 Å². The number of aromatic nitrogens is 1. The van der Waals surface area contributed by atoms with Crippen LogP contribution in [0.5, 0.6) is 17.2 Å². The van der Waals surface area contributed by atoms with Crippen molar-refractivity contribution >= 4 is 29.2 Å². The fourth-order valence-electron chi connectivity index (χ4n) is 4.71. The van der Waals surface area contributed by atoms with Gasteiger partial charge in [-0.1, -0.05) is 53.5 Å². The molecule has 278 valence electrons. The second-order valence-electron chi connectivity index (χ2n) is 11.7. The molecule has 1 heterocycles. The summed E-state index contributed by atoms with van der Waals surface area (Å²) in [5.41, 5.74) is 11.6. The molecule has 7 N–H and O–H groups in total. The highest BCUT2D eigenvalue weighted by molar-refractivity contribution is 6.35. The first-order valence-electron chi connectivity index (χ1n) is 16.5. The Morgan fingerprint density at radius 3 is 2.29 bits per heavy atom. The van der Waals surface area contributed by atoms with E-state index in [-0.39, 0.29) is 45.6 Å². The number of nitriles is 1. The number of carboxylic acid groups (broad SMARTS) is 1. The molecular formula is C38H44Cl2N4O8. The van der Waals surface area contributed by atoms with E-state index in [9.17, 15) is 15.0 Å². The molecule has 0 bridgehead atoms. The first-order valence-corrected chi connectivity index (χ1v) is 17.2. The molecule has 0 spiro atoms. The van der Waals surface area contributed by atoms with Gasteiger partial charge < -0.3 is 45.7 Å². The third-order valence-electron chi connectivity index (χ3n) is 7.88. The Bertz CT molecular complexity index is 1800. The van der Waals surface area contributed by atoms with Gasteiger partial charge in [-0.3, -0.25) is 9.78 Å². The molecular weight excluding hydrogens is 711 g/mol. The van der Waals surface area contributed by atoms with Gasteiger partial charge in [-0.15, -0.1) is 0 Å². The standard InChI is InChI=1S/C34H36Cl2N4O5.C4H8O3/c1-22-25(5-2-6-28(22)29-7-3-8-31(34(29)36)43-10-4-9-40-27(18-41)19-42)21-45-33-13-32(26(15-38)12-30(33)35)44-20-24-11-23(14-37)16-39-17-24;1-3(2-5)4(6)7/h2-3,5-8,11-13,16-17,27,40-42H,4,9-10,15,18-21,38H2,1H3;3,5H,2H2,1H3,(H,6,7).